The van der Waals surface area contributed by atoms with Crippen LogP contribution in [0.15, 0.2) is 18.3 Å². The zero-order valence-electron chi connectivity index (χ0n) is 12.9. The fourth-order valence-corrected chi connectivity index (χ4v) is 3.69. The maximum absolute atomic E-state index is 11.7. The van der Waals surface area contributed by atoms with Gasteiger partial charge in [0.25, 0.3) is 0 Å². The molecule has 0 spiro atoms. The van der Waals surface area contributed by atoms with Crippen molar-refractivity contribution >= 4 is 15.7 Å². The molecule has 1 aromatic heterocycles. The summed E-state index contributed by atoms with van der Waals surface area (Å²) in [6.07, 6.45) is 2.49. The van der Waals surface area contributed by atoms with Gasteiger partial charge in [0, 0.05) is 25.8 Å². The Bertz CT molecular complexity index is 558. The zero-order chi connectivity index (χ0) is 15.3. The second kappa shape index (κ2) is 7.22. The van der Waals surface area contributed by atoms with E-state index in [4.69, 9.17) is 0 Å². The largest absolute Gasteiger partial charge is 0.356 e. The minimum Gasteiger partial charge on any atom is -0.356 e. The molecule has 0 radical (unpaired) electrons. The number of nitrogens with zero attached hydrogens (tertiary/aromatic N) is 2. The molecule has 2 rings (SSSR count). The summed E-state index contributed by atoms with van der Waals surface area (Å²) in [6.45, 7) is 7.47. The van der Waals surface area contributed by atoms with Gasteiger partial charge in [0.05, 0.1) is 11.5 Å². The predicted molar refractivity (Wildman–Crippen MR) is 86.3 cm³/mol. The molecule has 21 heavy (non-hydrogen) atoms. The average molecular weight is 311 g/mol. The van der Waals surface area contributed by atoms with Gasteiger partial charge in [0.1, 0.15) is 5.82 Å². The van der Waals surface area contributed by atoms with E-state index in [1.54, 1.807) is 6.20 Å². The van der Waals surface area contributed by atoms with Crippen LogP contribution in [-0.4, -0.2) is 44.5 Å². The first kappa shape index (κ1) is 16.2. The Morgan fingerprint density at radius 1 is 1.33 bits per heavy atom. The van der Waals surface area contributed by atoms with Gasteiger partial charge >= 0.3 is 0 Å². The van der Waals surface area contributed by atoms with E-state index < -0.39 is 9.84 Å². The van der Waals surface area contributed by atoms with Crippen molar-refractivity contribution in [3.63, 3.8) is 0 Å². The number of hydrogen-bond donors (Lipinski definition) is 1. The lowest BCUT2D eigenvalue weighted by molar-refractivity contribution is 0.552. The predicted octanol–water partition coefficient (Wildman–Crippen LogP) is 1.45. The number of anilines is 1. The van der Waals surface area contributed by atoms with Crippen molar-refractivity contribution in [3.05, 3.63) is 23.9 Å². The van der Waals surface area contributed by atoms with Crippen LogP contribution < -0.4 is 10.2 Å². The molecule has 0 atom stereocenters. The lowest BCUT2D eigenvalue weighted by atomic mass is 10.2. The molecule has 6 heteroatoms. The van der Waals surface area contributed by atoms with E-state index in [-0.39, 0.29) is 5.75 Å². The molecular formula is C15H25N3O2S. The topological polar surface area (TPSA) is 62.3 Å². The van der Waals surface area contributed by atoms with Crippen LogP contribution in [0.5, 0.6) is 0 Å². The van der Waals surface area contributed by atoms with Gasteiger partial charge in [-0.25, -0.2) is 13.4 Å². The number of hydrogen-bond acceptors (Lipinski definition) is 5. The first-order valence-corrected chi connectivity index (χ1v) is 9.39. The van der Waals surface area contributed by atoms with Crippen LogP contribution in [0, 0.1) is 5.92 Å². The molecular weight excluding hydrogens is 286 g/mol. The quantitative estimate of drug-likeness (QED) is 0.892. The Labute approximate surface area is 127 Å². The van der Waals surface area contributed by atoms with Crippen molar-refractivity contribution in [1.29, 1.82) is 0 Å². The van der Waals surface area contributed by atoms with E-state index in [0.29, 0.717) is 24.6 Å². The Balaban J connectivity index is 1.99. The van der Waals surface area contributed by atoms with E-state index in [2.05, 4.69) is 35.1 Å². The van der Waals surface area contributed by atoms with Crippen molar-refractivity contribution in [2.24, 2.45) is 5.92 Å². The molecule has 1 fully saturated rings. The van der Waals surface area contributed by atoms with Gasteiger partial charge in [-0.3, -0.25) is 0 Å². The molecule has 1 saturated heterocycles. The van der Waals surface area contributed by atoms with Crippen molar-refractivity contribution in [2.75, 3.05) is 36.0 Å². The number of nitrogens with one attached hydrogen (secondary N) is 1. The van der Waals surface area contributed by atoms with Gasteiger partial charge in [-0.1, -0.05) is 13.8 Å². The molecule has 1 aromatic rings. The number of aromatic nitrogens is 1. The summed E-state index contributed by atoms with van der Waals surface area (Å²) >= 11 is 0. The summed E-state index contributed by atoms with van der Waals surface area (Å²) in [5, 5.41) is 3.41. The fourth-order valence-electron chi connectivity index (χ4n) is 2.42. The molecule has 1 aliphatic rings. The van der Waals surface area contributed by atoms with Crippen LogP contribution in [0.2, 0.25) is 0 Å². The summed E-state index contributed by atoms with van der Waals surface area (Å²) in [7, 11) is -2.88. The molecule has 5 nitrogen and oxygen atoms in total. The minimum absolute atomic E-state index is 0.227. The van der Waals surface area contributed by atoms with E-state index in [0.717, 1.165) is 25.5 Å². The smallest absolute Gasteiger partial charge is 0.152 e. The highest BCUT2D eigenvalue weighted by Crippen LogP contribution is 2.16. The summed E-state index contributed by atoms with van der Waals surface area (Å²) in [5.74, 6) is 2.03. The van der Waals surface area contributed by atoms with Crippen molar-refractivity contribution in [1.82, 2.24) is 10.3 Å². The Morgan fingerprint density at radius 2 is 2.14 bits per heavy atom. The van der Waals surface area contributed by atoms with Gasteiger partial charge in [0.15, 0.2) is 9.84 Å². The highest BCUT2D eigenvalue weighted by Gasteiger charge is 2.19. The van der Waals surface area contributed by atoms with E-state index >= 15 is 0 Å². The molecule has 2 heterocycles. The average Bonchev–Trinajstić information content (AvgIpc) is 2.60. The fraction of sp³-hybridized carbons (Fsp3) is 0.667. The van der Waals surface area contributed by atoms with Gasteiger partial charge in [-0.15, -0.1) is 0 Å². The third-order valence-electron chi connectivity index (χ3n) is 3.57. The molecule has 0 aromatic carbocycles. The SMILES string of the molecule is CC(C)CNCc1ccnc(N2CCCS(=O)(=O)CC2)c1. The molecule has 1 aliphatic heterocycles. The standard InChI is InChI=1S/C15H25N3O2S/c1-13(2)11-16-12-14-4-5-17-15(10-14)18-6-3-8-21(19,20)9-7-18/h4-5,10,13,16H,3,6-9,11-12H2,1-2H3. The van der Waals surface area contributed by atoms with Gasteiger partial charge in [-0.05, 0) is 36.6 Å². The lowest BCUT2D eigenvalue weighted by Gasteiger charge is -2.21. The van der Waals surface area contributed by atoms with E-state index in [1.807, 2.05) is 6.07 Å². The summed E-state index contributed by atoms with van der Waals surface area (Å²) in [6, 6.07) is 4.07. The molecule has 0 unspecified atom stereocenters. The third-order valence-corrected chi connectivity index (χ3v) is 5.29. The second-order valence-electron chi connectivity index (χ2n) is 6.04. The van der Waals surface area contributed by atoms with Crippen LogP contribution in [0.3, 0.4) is 0 Å². The molecule has 0 aliphatic carbocycles. The minimum atomic E-state index is -2.88. The Kier molecular flexibility index (Phi) is 5.58. The molecule has 1 N–H and O–H groups in total. The van der Waals surface area contributed by atoms with Crippen LogP contribution in [0.4, 0.5) is 5.82 Å². The maximum Gasteiger partial charge on any atom is 0.152 e. The summed E-state index contributed by atoms with van der Waals surface area (Å²) in [4.78, 5) is 6.48. The summed E-state index contributed by atoms with van der Waals surface area (Å²) < 4.78 is 23.3. The molecule has 0 amide bonds. The first-order chi connectivity index (χ1) is 9.96. The zero-order valence-corrected chi connectivity index (χ0v) is 13.7. The van der Waals surface area contributed by atoms with Gasteiger partial charge in [-0.2, -0.15) is 0 Å². The Morgan fingerprint density at radius 3 is 2.90 bits per heavy atom. The van der Waals surface area contributed by atoms with E-state index in [1.165, 1.54) is 5.56 Å². The first-order valence-electron chi connectivity index (χ1n) is 7.57. The van der Waals surface area contributed by atoms with Gasteiger partial charge in [0.2, 0.25) is 0 Å². The molecule has 0 saturated carbocycles. The van der Waals surface area contributed by atoms with Crippen molar-refractivity contribution in [3.8, 4) is 0 Å². The monoisotopic (exact) mass is 311 g/mol. The van der Waals surface area contributed by atoms with Crippen molar-refractivity contribution < 1.29 is 8.42 Å². The van der Waals surface area contributed by atoms with Crippen LogP contribution in [0.25, 0.3) is 0 Å². The lowest BCUT2D eigenvalue weighted by Crippen LogP contribution is -2.27. The second-order valence-corrected chi connectivity index (χ2v) is 8.34. The number of rotatable bonds is 5. The molecule has 0 bridgehead atoms. The summed E-state index contributed by atoms with van der Waals surface area (Å²) in [5.41, 5.74) is 1.19. The number of pyridine rings is 1. The highest BCUT2D eigenvalue weighted by molar-refractivity contribution is 7.91. The Hall–Kier alpha value is -1.14. The molecule has 118 valence electrons. The highest BCUT2D eigenvalue weighted by atomic mass is 32.2. The van der Waals surface area contributed by atoms with Crippen molar-refractivity contribution in [2.45, 2.75) is 26.8 Å². The van der Waals surface area contributed by atoms with Crippen LogP contribution in [0.1, 0.15) is 25.8 Å². The van der Waals surface area contributed by atoms with Gasteiger partial charge < -0.3 is 10.2 Å². The normalized spacial score (nSPS) is 18.7. The third kappa shape index (κ3) is 5.28. The maximum atomic E-state index is 11.7. The van der Waals surface area contributed by atoms with E-state index in [9.17, 15) is 8.42 Å². The van der Waals surface area contributed by atoms with Crippen LogP contribution >= 0.6 is 0 Å². The van der Waals surface area contributed by atoms with Crippen LogP contribution in [-0.2, 0) is 16.4 Å². The number of sulfone groups is 1.